The van der Waals surface area contributed by atoms with E-state index in [1.165, 1.54) is 24.8 Å². The molecule has 0 heterocycles. The number of nitrogens with one attached hydrogen (secondary N) is 1. The average Bonchev–Trinajstić information content (AvgIpc) is 2.28. The Labute approximate surface area is 131 Å². The number of benzene rings is 1. The first-order chi connectivity index (χ1) is 9.30. The molecule has 1 fully saturated rings. The maximum absolute atomic E-state index is 6.39. The maximum atomic E-state index is 6.39. The summed E-state index contributed by atoms with van der Waals surface area (Å²) in [4.78, 5) is 0. The lowest BCUT2D eigenvalue weighted by molar-refractivity contribution is -0.0158. The van der Waals surface area contributed by atoms with E-state index in [9.17, 15) is 0 Å². The second-order valence-corrected chi connectivity index (χ2v) is 7.89. The Balaban J connectivity index is 1.99. The number of hydrogen-bond acceptors (Lipinski definition) is 2. The highest BCUT2D eigenvalue weighted by Gasteiger charge is 2.39. The monoisotopic (exact) mass is 339 g/mol. The standard InChI is InChI=1S/C17H26BrNO/c1-13-6-7-14(18)12-15(13)20-17(8-5-9-17)10-11-19-16(2,3)4/h6-7,12,19H,5,8-11H2,1-4H3. The highest BCUT2D eigenvalue weighted by atomic mass is 79.9. The summed E-state index contributed by atoms with van der Waals surface area (Å²) < 4.78 is 7.48. The van der Waals surface area contributed by atoms with Gasteiger partial charge >= 0.3 is 0 Å². The zero-order chi connectivity index (χ0) is 14.8. The Kier molecular flexibility index (Phi) is 4.80. The molecule has 1 aliphatic rings. The van der Waals surface area contributed by atoms with E-state index in [-0.39, 0.29) is 11.1 Å². The normalized spacial score (nSPS) is 17.6. The molecule has 2 rings (SSSR count). The van der Waals surface area contributed by atoms with Gasteiger partial charge in [0.2, 0.25) is 0 Å². The van der Waals surface area contributed by atoms with Crippen molar-refractivity contribution in [1.29, 1.82) is 0 Å². The van der Waals surface area contributed by atoms with Crippen molar-refractivity contribution < 1.29 is 4.74 Å². The summed E-state index contributed by atoms with van der Waals surface area (Å²) in [6, 6.07) is 6.27. The molecule has 0 bridgehead atoms. The topological polar surface area (TPSA) is 21.3 Å². The van der Waals surface area contributed by atoms with Gasteiger partial charge in [-0.2, -0.15) is 0 Å². The lowest BCUT2D eigenvalue weighted by atomic mass is 9.77. The molecule has 1 N–H and O–H groups in total. The summed E-state index contributed by atoms with van der Waals surface area (Å²) >= 11 is 3.53. The predicted octanol–water partition coefficient (Wildman–Crippen LogP) is 4.84. The van der Waals surface area contributed by atoms with E-state index in [0.717, 1.165) is 23.2 Å². The van der Waals surface area contributed by atoms with E-state index in [2.05, 4.69) is 67.1 Å². The third kappa shape index (κ3) is 4.23. The van der Waals surface area contributed by atoms with Gasteiger partial charge in [0.25, 0.3) is 0 Å². The fraction of sp³-hybridized carbons (Fsp3) is 0.647. The van der Waals surface area contributed by atoms with Crippen LogP contribution in [0.5, 0.6) is 5.75 Å². The molecule has 20 heavy (non-hydrogen) atoms. The number of halogens is 1. The Hall–Kier alpha value is -0.540. The Morgan fingerprint density at radius 2 is 2.00 bits per heavy atom. The van der Waals surface area contributed by atoms with Gasteiger partial charge in [0, 0.05) is 10.0 Å². The molecule has 0 spiro atoms. The van der Waals surface area contributed by atoms with Crippen LogP contribution in [-0.2, 0) is 0 Å². The molecule has 1 aromatic carbocycles. The van der Waals surface area contributed by atoms with E-state index in [0.29, 0.717) is 0 Å². The summed E-state index contributed by atoms with van der Waals surface area (Å²) in [7, 11) is 0. The predicted molar refractivity (Wildman–Crippen MR) is 88.5 cm³/mol. The second-order valence-electron chi connectivity index (χ2n) is 6.98. The summed E-state index contributed by atoms with van der Waals surface area (Å²) in [6.07, 6.45) is 4.70. The number of hydrogen-bond donors (Lipinski definition) is 1. The molecule has 1 saturated carbocycles. The lowest BCUT2D eigenvalue weighted by Crippen LogP contribution is -2.47. The van der Waals surface area contributed by atoms with E-state index in [1.807, 2.05) is 0 Å². The molecular formula is C17H26BrNO. The summed E-state index contributed by atoms with van der Waals surface area (Å²) in [5, 5.41) is 3.57. The first-order valence-corrected chi connectivity index (χ1v) is 8.29. The van der Waals surface area contributed by atoms with Crippen molar-refractivity contribution in [2.75, 3.05) is 6.54 Å². The molecule has 1 aliphatic carbocycles. The molecule has 0 amide bonds. The Bertz CT molecular complexity index is 461. The van der Waals surface area contributed by atoms with Gasteiger partial charge in [-0.15, -0.1) is 0 Å². The molecule has 3 heteroatoms. The number of ether oxygens (including phenoxy) is 1. The molecular weight excluding hydrogens is 314 g/mol. The van der Waals surface area contributed by atoms with Crippen molar-refractivity contribution in [2.24, 2.45) is 0 Å². The van der Waals surface area contributed by atoms with Gasteiger partial charge in [-0.1, -0.05) is 22.0 Å². The Morgan fingerprint density at radius 3 is 2.55 bits per heavy atom. The fourth-order valence-corrected chi connectivity index (χ4v) is 2.90. The molecule has 2 nitrogen and oxygen atoms in total. The van der Waals surface area contributed by atoms with Gasteiger partial charge in [-0.3, -0.25) is 0 Å². The van der Waals surface area contributed by atoms with Gasteiger partial charge in [0.15, 0.2) is 0 Å². The number of aryl methyl sites for hydroxylation is 1. The highest BCUT2D eigenvalue weighted by molar-refractivity contribution is 9.10. The van der Waals surface area contributed by atoms with Crippen molar-refractivity contribution in [3.8, 4) is 5.75 Å². The van der Waals surface area contributed by atoms with Crippen LogP contribution in [0.2, 0.25) is 0 Å². The van der Waals surface area contributed by atoms with Gasteiger partial charge in [-0.05, 0) is 77.6 Å². The molecule has 0 saturated heterocycles. The number of rotatable bonds is 5. The van der Waals surface area contributed by atoms with Gasteiger partial charge < -0.3 is 10.1 Å². The largest absolute Gasteiger partial charge is 0.487 e. The van der Waals surface area contributed by atoms with Crippen molar-refractivity contribution in [2.45, 2.75) is 64.5 Å². The molecule has 1 aromatic rings. The minimum Gasteiger partial charge on any atom is -0.487 e. The zero-order valence-electron chi connectivity index (χ0n) is 13.1. The first kappa shape index (κ1) is 15.8. The zero-order valence-corrected chi connectivity index (χ0v) is 14.6. The van der Waals surface area contributed by atoms with Crippen LogP contribution in [0.25, 0.3) is 0 Å². The molecule has 112 valence electrons. The van der Waals surface area contributed by atoms with Crippen molar-refractivity contribution in [3.05, 3.63) is 28.2 Å². The van der Waals surface area contributed by atoms with Crippen LogP contribution in [-0.4, -0.2) is 17.7 Å². The third-order valence-electron chi connectivity index (χ3n) is 3.98. The van der Waals surface area contributed by atoms with E-state index in [4.69, 9.17) is 4.74 Å². The second kappa shape index (κ2) is 6.07. The summed E-state index contributed by atoms with van der Waals surface area (Å²) in [5.41, 5.74) is 1.43. The van der Waals surface area contributed by atoms with E-state index in [1.54, 1.807) is 0 Å². The summed E-state index contributed by atoms with van der Waals surface area (Å²) in [5.74, 6) is 1.02. The van der Waals surface area contributed by atoms with Crippen molar-refractivity contribution in [1.82, 2.24) is 5.32 Å². The minimum atomic E-state index is 0.0454. The quantitative estimate of drug-likeness (QED) is 0.828. The molecule has 0 aliphatic heterocycles. The smallest absolute Gasteiger partial charge is 0.124 e. The SMILES string of the molecule is Cc1ccc(Br)cc1OC1(CCNC(C)(C)C)CCC1. The van der Waals surface area contributed by atoms with Crippen LogP contribution in [0.4, 0.5) is 0 Å². The fourth-order valence-electron chi connectivity index (χ4n) is 2.56. The van der Waals surface area contributed by atoms with Crippen LogP contribution >= 0.6 is 15.9 Å². The molecule has 0 atom stereocenters. The van der Waals surface area contributed by atoms with Gasteiger partial charge in [0.1, 0.15) is 11.4 Å². The summed E-state index contributed by atoms with van der Waals surface area (Å²) in [6.45, 7) is 9.75. The Morgan fingerprint density at radius 1 is 1.30 bits per heavy atom. The molecule has 0 aromatic heterocycles. The van der Waals surface area contributed by atoms with Gasteiger partial charge in [-0.25, -0.2) is 0 Å². The van der Waals surface area contributed by atoms with Crippen LogP contribution in [0, 0.1) is 6.92 Å². The van der Waals surface area contributed by atoms with E-state index >= 15 is 0 Å². The maximum Gasteiger partial charge on any atom is 0.124 e. The van der Waals surface area contributed by atoms with Crippen molar-refractivity contribution in [3.63, 3.8) is 0 Å². The third-order valence-corrected chi connectivity index (χ3v) is 4.47. The van der Waals surface area contributed by atoms with Crippen LogP contribution in [0.15, 0.2) is 22.7 Å². The van der Waals surface area contributed by atoms with Crippen LogP contribution in [0.1, 0.15) is 52.0 Å². The molecule has 0 unspecified atom stereocenters. The van der Waals surface area contributed by atoms with Crippen LogP contribution in [0.3, 0.4) is 0 Å². The van der Waals surface area contributed by atoms with E-state index < -0.39 is 0 Å². The van der Waals surface area contributed by atoms with Crippen molar-refractivity contribution >= 4 is 15.9 Å². The highest BCUT2D eigenvalue weighted by Crippen LogP contribution is 2.40. The van der Waals surface area contributed by atoms with Gasteiger partial charge in [0.05, 0.1) is 0 Å². The minimum absolute atomic E-state index is 0.0454. The molecule has 0 radical (unpaired) electrons. The lowest BCUT2D eigenvalue weighted by Gasteiger charge is -2.43. The van der Waals surface area contributed by atoms with Crippen LogP contribution < -0.4 is 10.1 Å². The first-order valence-electron chi connectivity index (χ1n) is 7.50. The average molecular weight is 340 g/mol.